The lowest BCUT2D eigenvalue weighted by Gasteiger charge is -2.12. The molecule has 1 rings (SSSR count). The Labute approximate surface area is 89.5 Å². The summed E-state index contributed by atoms with van der Waals surface area (Å²) in [6, 6.07) is 0.336. The molecule has 0 spiro atoms. The van der Waals surface area contributed by atoms with Crippen LogP contribution < -0.4 is 10.6 Å². The van der Waals surface area contributed by atoms with E-state index in [1.165, 1.54) is 0 Å². The van der Waals surface area contributed by atoms with E-state index in [0.717, 1.165) is 17.1 Å². The van der Waals surface area contributed by atoms with Crippen LogP contribution in [0.5, 0.6) is 0 Å². The fraction of sp³-hybridized carbons (Fsp3) is 0.556. The first-order valence-corrected chi connectivity index (χ1v) is 5.00. The summed E-state index contributed by atoms with van der Waals surface area (Å²) in [6.45, 7) is 7.98. The predicted octanol–water partition coefficient (Wildman–Crippen LogP) is 1.72. The molecule has 0 saturated carbocycles. The summed E-state index contributed by atoms with van der Waals surface area (Å²) < 4.78 is 0. The van der Waals surface area contributed by atoms with Crippen molar-refractivity contribution in [2.24, 2.45) is 0 Å². The van der Waals surface area contributed by atoms with E-state index in [1.54, 1.807) is 0 Å². The molecule has 0 aliphatic heterocycles. The number of rotatable bonds is 2. The van der Waals surface area contributed by atoms with Crippen molar-refractivity contribution in [1.82, 2.24) is 15.5 Å². The summed E-state index contributed by atoms with van der Waals surface area (Å²) in [5, 5.41) is 13.8. The first-order chi connectivity index (χ1) is 6.50. The van der Waals surface area contributed by atoms with Crippen LogP contribution in [0.15, 0.2) is 0 Å². The molecule has 0 amide bonds. The van der Waals surface area contributed by atoms with E-state index in [1.807, 2.05) is 27.7 Å². The van der Waals surface area contributed by atoms with Gasteiger partial charge in [0.05, 0.1) is 17.1 Å². The monoisotopic (exact) mass is 212 g/mol. The van der Waals surface area contributed by atoms with Gasteiger partial charge in [-0.1, -0.05) is 0 Å². The van der Waals surface area contributed by atoms with Gasteiger partial charge in [-0.25, -0.2) is 0 Å². The van der Waals surface area contributed by atoms with E-state index in [2.05, 4.69) is 20.8 Å². The third kappa shape index (κ3) is 2.70. The number of H-pyrrole nitrogens is 1. The first-order valence-electron chi connectivity index (χ1n) is 4.59. The van der Waals surface area contributed by atoms with Gasteiger partial charge in [-0.15, -0.1) is 0 Å². The minimum absolute atomic E-state index is 0.336. The lowest BCUT2D eigenvalue weighted by Crippen LogP contribution is -2.34. The van der Waals surface area contributed by atoms with Gasteiger partial charge in [0.25, 0.3) is 0 Å². The van der Waals surface area contributed by atoms with Crippen molar-refractivity contribution in [2.75, 3.05) is 5.32 Å². The molecule has 1 heterocycles. The van der Waals surface area contributed by atoms with E-state index in [4.69, 9.17) is 12.2 Å². The van der Waals surface area contributed by atoms with Crippen LogP contribution in [0, 0.1) is 13.8 Å². The highest BCUT2D eigenvalue weighted by Gasteiger charge is 2.07. The van der Waals surface area contributed by atoms with Crippen molar-refractivity contribution in [3.05, 3.63) is 11.4 Å². The molecular weight excluding hydrogens is 196 g/mol. The average molecular weight is 212 g/mol. The molecule has 1 aromatic heterocycles. The topological polar surface area (TPSA) is 52.7 Å². The van der Waals surface area contributed by atoms with Gasteiger partial charge in [-0.05, 0) is 39.9 Å². The summed E-state index contributed by atoms with van der Waals surface area (Å²) in [5.41, 5.74) is 2.88. The lowest BCUT2D eigenvalue weighted by molar-refractivity contribution is 0.739. The summed E-state index contributed by atoms with van der Waals surface area (Å²) in [7, 11) is 0. The largest absolute Gasteiger partial charge is 0.360 e. The molecular formula is C9H16N4S. The highest BCUT2D eigenvalue weighted by molar-refractivity contribution is 7.80. The second-order valence-corrected chi connectivity index (χ2v) is 3.97. The maximum atomic E-state index is 5.13. The number of anilines is 1. The number of hydrogen-bond acceptors (Lipinski definition) is 2. The van der Waals surface area contributed by atoms with Gasteiger partial charge in [0.2, 0.25) is 0 Å². The highest BCUT2D eigenvalue weighted by atomic mass is 32.1. The Bertz CT molecular complexity index is 310. The van der Waals surface area contributed by atoms with Gasteiger partial charge < -0.3 is 10.6 Å². The number of nitrogens with one attached hydrogen (secondary N) is 3. The predicted molar refractivity (Wildman–Crippen MR) is 62.6 cm³/mol. The Morgan fingerprint density at radius 3 is 2.50 bits per heavy atom. The zero-order chi connectivity index (χ0) is 10.7. The van der Waals surface area contributed by atoms with Gasteiger partial charge >= 0.3 is 0 Å². The molecule has 0 radical (unpaired) electrons. The second-order valence-electron chi connectivity index (χ2n) is 3.56. The highest BCUT2D eigenvalue weighted by Crippen LogP contribution is 2.15. The van der Waals surface area contributed by atoms with Crippen LogP contribution in [0.1, 0.15) is 25.2 Å². The van der Waals surface area contributed by atoms with Gasteiger partial charge in [-0.3, -0.25) is 5.10 Å². The van der Waals surface area contributed by atoms with Crippen molar-refractivity contribution in [3.63, 3.8) is 0 Å². The quantitative estimate of drug-likeness (QED) is 0.653. The number of aryl methyl sites for hydroxylation is 2. The van der Waals surface area contributed by atoms with Crippen LogP contribution in [0.3, 0.4) is 0 Å². The van der Waals surface area contributed by atoms with Gasteiger partial charge in [0.1, 0.15) is 0 Å². The molecule has 0 aromatic carbocycles. The smallest absolute Gasteiger partial charge is 0.171 e. The van der Waals surface area contributed by atoms with Crippen molar-refractivity contribution in [3.8, 4) is 0 Å². The summed E-state index contributed by atoms with van der Waals surface area (Å²) >= 11 is 5.13. The van der Waals surface area contributed by atoms with Crippen LogP contribution in [-0.2, 0) is 0 Å². The third-order valence-electron chi connectivity index (χ3n) is 1.79. The Hall–Kier alpha value is -1.10. The van der Waals surface area contributed by atoms with E-state index in [0.29, 0.717) is 11.2 Å². The van der Waals surface area contributed by atoms with E-state index in [9.17, 15) is 0 Å². The van der Waals surface area contributed by atoms with Gasteiger partial charge in [0.15, 0.2) is 5.11 Å². The summed E-state index contributed by atoms with van der Waals surface area (Å²) in [6.07, 6.45) is 0. The van der Waals surface area contributed by atoms with Crippen LogP contribution in [0.2, 0.25) is 0 Å². The molecule has 5 heteroatoms. The normalized spacial score (nSPS) is 10.4. The minimum Gasteiger partial charge on any atom is -0.360 e. The number of hydrogen-bond donors (Lipinski definition) is 3. The molecule has 0 unspecified atom stereocenters. The van der Waals surface area contributed by atoms with Crippen LogP contribution in [0.4, 0.5) is 5.69 Å². The Morgan fingerprint density at radius 2 is 2.07 bits per heavy atom. The minimum atomic E-state index is 0.336. The van der Waals surface area contributed by atoms with Gasteiger partial charge in [-0.2, -0.15) is 5.10 Å². The van der Waals surface area contributed by atoms with E-state index < -0.39 is 0 Å². The standard InChI is InChI=1S/C9H16N4S/c1-5(2)10-9(14)11-8-6(3)12-13-7(8)4/h5H,1-4H3,(H,12,13)(H2,10,11,14). The maximum absolute atomic E-state index is 5.13. The molecule has 3 N–H and O–H groups in total. The molecule has 1 aromatic rings. The molecule has 0 atom stereocenters. The van der Waals surface area contributed by atoms with Crippen molar-refractivity contribution < 1.29 is 0 Å². The van der Waals surface area contributed by atoms with Crippen LogP contribution in [-0.4, -0.2) is 21.4 Å². The molecule has 14 heavy (non-hydrogen) atoms. The fourth-order valence-electron chi connectivity index (χ4n) is 1.15. The summed E-state index contributed by atoms with van der Waals surface area (Å²) in [5.74, 6) is 0. The number of nitrogens with zero attached hydrogens (tertiary/aromatic N) is 1. The van der Waals surface area contributed by atoms with E-state index >= 15 is 0 Å². The van der Waals surface area contributed by atoms with Crippen LogP contribution in [0.25, 0.3) is 0 Å². The second kappa shape index (κ2) is 4.41. The maximum Gasteiger partial charge on any atom is 0.171 e. The molecule has 0 bridgehead atoms. The molecule has 0 aliphatic rings. The number of aromatic nitrogens is 2. The molecule has 0 saturated heterocycles. The van der Waals surface area contributed by atoms with Gasteiger partial charge in [0, 0.05) is 6.04 Å². The zero-order valence-corrected chi connectivity index (χ0v) is 9.75. The number of thiocarbonyl (C=S) groups is 1. The molecule has 0 fully saturated rings. The SMILES string of the molecule is Cc1n[nH]c(C)c1NC(=S)NC(C)C. The van der Waals surface area contributed by atoms with Crippen LogP contribution >= 0.6 is 12.2 Å². The molecule has 4 nitrogen and oxygen atoms in total. The van der Waals surface area contributed by atoms with Crippen molar-refractivity contribution in [1.29, 1.82) is 0 Å². The third-order valence-corrected chi connectivity index (χ3v) is 2.01. The average Bonchev–Trinajstić information content (AvgIpc) is 2.34. The van der Waals surface area contributed by atoms with Crippen molar-refractivity contribution >= 4 is 23.0 Å². The Balaban J connectivity index is 2.64. The lowest BCUT2D eigenvalue weighted by atomic mass is 10.3. The number of aromatic amines is 1. The molecule has 0 aliphatic carbocycles. The molecule has 78 valence electrons. The summed E-state index contributed by atoms with van der Waals surface area (Å²) in [4.78, 5) is 0. The fourth-order valence-corrected chi connectivity index (χ4v) is 1.48. The van der Waals surface area contributed by atoms with E-state index in [-0.39, 0.29) is 0 Å². The Kier molecular flexibility index (Phi) is 3.46. The zero-order valence-electron chi connectivity index (χ0n) is 8.93. The Morgan fingerprint density at radius 1 is 1.43 bits per heavy atom. The van der Waals surface area contributed by atoms with Crippen molar-refractivity contribution in [2.45, 2.75) is 33.7 Å². The first kappa shape index (κ1) is 11.0.